The normalized spacial score (nSPS) is 24.2. The fourth-order valence-electron chi connectivity index (χ4n) is 4.27. The van der Waals surface area contributed by atoms with Crippen LogP contribution in [0.25, 0.3) is 5.83 Å². The Hall–Kier alpha value is -2.95. The Bertz CT molecular complexity index is 1020. The van der Waals surface area contributed by atoms with E-state index in [1.807, 2.05) is 78.9 Å². The number of hydrogen-bond acceptors (Lipinski definition) is 3. The van der Waals surface area contributed by atoms with Crippen LogP contribution in [0, 0.1) is 5.92 Å². The smallest absolute Gasteiger partial charge is 0.170 e. The van der Waals surface area contributed by atoms with Gasteiger partial charge >= 0.3 is 0 Å². The summed E-state index contributed by atoms with van der Waals surface area (Å²) in [7, 11) is 0. The molecule has 33 heavy (non-hydrogen) atoms. The molecule has 4 atom stereocenters. The Morgan fingerprint density at radius 2 is 1.30 bits per heavy atom. The average Bonchev–Trinajstić information content (AvgIpc) is 2.88. The average molecular weight is 447 g/mol. The highest BCUT2D eigenvalue weighted by Gasteiger charge is 2.44. The minimum absolute atomic E-state index is 0.0341. The summed E-state index contributed by atoms with van der Waals surface area (Å²) < 4.78 is 34.8. The standard InChI is InChI=1S/C29H31FO3/c1-3-25-21(2)27(31-19-22-13-7-4-8-14-22)29(32-20-23-15-9-5-10-16-23)28(33-25)26(30)24-17-11-6-12-18-24/h4-18,21,25,27,29H,3,19-20H2,1-2H3/t21-,25-,27?,29?/m1/s1. The van der Waals surface area contributed by atoms with Crippen LogP contribution in [0.1, 0.15) is 37.0 Å². The summed E-state index contributed by atoms with van der Waals surface area (Å²) in [6, 6.07) is 28.9. The van der Waals surface area contributed by atoms with Gasteiger partial charge in [0.25, 0.3) is 0 Å². The molecule has 0 N–H and O–H groups in total. The zero-order chi connectivity index (χ0) is 23.0. The van der Waals surface area contributed by atoms with Crippen LogP contribution in [0.4, 0.5) is 4.39 Å². The number of rotatable bonds is 8. The molecular weight excluding hydrogens is 415 g/mol. The van der Waals surface area contributed by atoms with E-state index < -0.39 is 11.9 Å². The summed E-state index contributed by atoms with van der Waals surface area (Å²) in [4.78, 5) is 0. The quantitative estimate of drug-likeness (QED) is 0.375. The van der Waals surface area contributed by atoms with Gasteiger partial charge in [0.15, 0.2) is 11.6 Å². The molecule has 0 bridgehead atoms. The largest absolute Gasteiger partial charge is 0.488 e. The van der Waals surface area contributed by atoms with Crippen molar-refractivity contribution in [2.75, 3.05) is 0 Å². The molecule has 1 saturated heterocycles. The van der Waals surface area contributed by atoms with Gasteiger partial charge in [0, 0.05) is 11.5 Å². The molecule has 3 aromatic rings. The van der Waals surface area contributed by atoms with Gasteiger partial charge in [0.05, 0.1) is 19.3 Å². The van der Waals surface area contributed by atoms with Gasteiger partial charge in [-0.3, -0.25) is 0 Å². The first-order valence-electron chi connectivity index (χ1n) is 11.6. The van der Waals surface area contributed by atoms with Crippen LogP contribution in [-0.4, -0.2) is 18.3 Å². The van der Waals surface area contributed by atoms with Crippen LogP contribution in [0.3, 0.4) is 0 Å². The van der Waals surface area contributed by atoms with Gasteiger partial charge in [-0.05, 0) is 17.5 Å². The summed E-state index contributed by atoms with van der Waals surface area (Å²) in [5, 5.41) is 0. The summed E-state index contributed by atoms with van der Waals surface area (Å²) in [6.07, 6.45) is -0.417. The van der Waals surface area contributed by atoms with Gasteiger partial charge in [-0.1, -0.05) is 105 Å². The van der Waals surface area contributed by atoms with Gasteiger partial charge in [0.2, 0.25) is 0 Å². The van der Waals surface area contributed by atoms with Crippen LogP contribution in [0.15, 0.2) is 96.8 Å². The lowest BCUT2D eigenvalue weighted by molar-refractivity contribution is -0.167. The number of ether oxygens (including phenoxy) is 3. The molecule has 2 unspecified atom stereocenters. The van der Waals surface area contributed by atoms with Crippen molar-refractivity contribution < 1.29 is 18.6 Å². The molecule has 3 nitrogen and oxygen atoms in total. The Labute approximate surface area is 195 Å². The Balaban J connectivity index is 1.67. The van der Waals surface area contributed by atoms with Crippen molar-refractivity contribution in [2.24, 2.45) is 5.92 Å². The van der Waals surface area contributed by atoms with E-state index in [-0.39, 0.29) is 23.9 Å². The van der Waals surface area contributed by atoms with Crippen LogP contribution in [0.5, 0.6) is 0 Å². The SMILES string of the molecule is CC[C@H]1OC(=C(F)c2ccccc2)C(OCc2ccccc2)C(OCc2ccccc2)[C@@H]1C. The molecule has 0 amide bonds. The minimum atomic E-state index is -0.660. The fraction of sp³-hybridized carbons (Fsp3) is 0.310. The van der Waals surface area contributed by atoms with Gasteiger partial charge in [0.1, 0.15) is 12.2 Å². The topological polar surface area (TPSA) is 27.7 Å². The molecule has 1 aliphatic heterocycles. The van der Waals surface area contributed by atoms with E-state index in [0.29, 0.717) is 18.8 Å². The highest BCUT2D eigenvalue weighted by molar-refractivity contribution is 5.62. The summed E-state index contributed by atoms with van der Waals surface area (Å²) in [5.74, 6) is -0.140. The first kappa shape index (κ1) is 23.2. The highest BCUT2D eigenvalue weighted by atomic mass is 19.1. The minimum Gasteiger partial charge on any atom is -0.488 e. The molecule has 0 saturated carbocycles. The maximum Gasteiger partial charge on any atom is 0.170 e. The fourth-order valence-corrected chi connectivity index (χ4v) is 4.27. The van der Waals surface area contributed by atoms with Crippen LogP contribution < -0.4 is 0 Å². The first-order valence-corrected chi connectivity index (χ1v) is 11.6. The van der Waals surface area contributed by atoms with Crippen LogP contribution in [-0.2, 0) is 27.4 Å². The molecule has 0 spiro atoms. The molecule has 1 aliphatic rings. The van der Waals surface area contributed by atoms with E-state index in [4.69, 9.17) is 14.2 Å². The second-order valence-corrected chi connectivity index (χ2v) is 8.45. The Kier molecular flexibility index (Phi) is 7.92. The van der Waals surface area contributed by atoms with Gasteiger partial charge in [-0.25, -0.2) is 4.39 Å². The maximum atomic E-state index is 15.8. The summed E-state index contributed by atoms with van der Waals surface area (Å²) >= 11 is 0. The number of benzene rings is 3. The zero-order valence-electron chi connectivity index (χ0n) is 19.2. The molecular formula is C29H31FO3. The number of hydrogen-bond donors (Lipinski definition) is 0. The van der Waals surface area contributed by atoms with Crippen molar-refractivity contribution in [1.82, 2.24) is 0 Å². The van der Waals surface area contributed by atoms with Gasteiger partial charge in [-0.2, -0.15) is 0 Å². The predicted octanol–water partition coefficient (Wildman–Crippen LogP) is 6.94. The third-order valence-corrected chi connectivity index (χ3v) is 6.14. The lowest BCUT2D eigenvalue weighted by atomic mass is 9.87. The van der Waals surface area contributed by atoms with Gasteiger partial charge in [-0.15, -0.1) is 0 Å². The van der Waals surface area contributed by atoms with Gasteiger partial charge < -0.3 is 14.2 Å². The second kappa shape index (κ2) is 11.3. The molecule has 0 aromatic heterocycles. The predicted molar refractivity (Wildman–Crippen MR) is 129 cm³/mol. The summed E-state index contributed by atoms with van der Waals surface area (Å²) in [5.41, 5.74) is 2.57. The molecule has 1 heterocycles. The van der Waals surface area contributed by atoms with Crippen molar-refractivity contribution in [1.29, 1.82) is 0 Å². The molecule has 172 valence electrons. The Morgan fingerprint density at radius 3 is 1.85 bits per heavy atom. The van der Waals surface area contributed by atoms with E-state index in [1.165, 1.54) is 0 Å². The molecule has 4 heteroatoms. The zero-order valence-corrected chi connectivity index (χ0v) is 19.2. The van der Waals surface area contributed by atoms with Crippen molar-refractivity contribution in [3.05, 3.63) is 113 Å². The molecule has 0 radical (unpaired) electrons. The lowest BCUT2D eigenvalue weighted by Gasteiger charge is -2.42. The maximum absolute atomic E-state index is 15.8. The Morgan fingerprint density at radius 1 is 0.788 bits per heavy atom. The van der Waals surface area contributed by atoms with E-state index in [2.05, 4.69) is 13.8 Å². The molecule has 3 aromatic carbocycles. The first-order chi connectivity index (χ1) is 16.2. The highest BCUT2D eigenvalue weighted by Crippen LogP contribution is 2.38. The third kappa shape index (κ3) is 5.70. The van der Waals surface area contributed by atoms with E-state index in [9.17, 15) is 0 Å². The van der Waals surface area contributed by atoms with E-state index >= 15 is 4.39 Å². The summed E-state index contributed by atoms with van der Waals surface area (Å²) in [6.45, 7) is 4.92. The van der Waals surface area contributed by atoms with E-state index in [0.717, 1.165) is 17.5 Å². The third-order valence-electron chi connectivity index (χ3n) is 6.14. The van der Waals surface area contributed by atoms with Crippen molar-refractivity contribution in [3.8, 4) is 0 Å². The number of halogens is 1. The molecule has 0 aliphatic carbocycles. The molecule has 4 rings (SSSR count). The van der Waals surface area contributed by atoms with Crippen LogP contribution >= 0.6 is 0 Å². The lowest BCUT2D eigenvalue weighted by Crippen LogP contribution is -2.49. The monoisotopic (exact) mass is 446 g/mol. The van der Waals surface area contributed by atoms with Crippen molar-refractivity contribution >= 4 is 5.83 Å². The van der Waals surface area contributed by atoms with Crippen molar-refractivity contribution in [2.45, 2.75) is 51.8 Å². The van der Waals surface area contributed by atoms with Crippen molar-refractivity contribution in [3.63, 3.8) is 0 Å². The van der Waals surface area contributed by atoms with E-state index in [1.54, 1.807) is 12.1 Å². The second-order valence-electron chi connectivity index (χ2n) is 8.45. The molecule has 1 fully saturated rings. The van der Waals surface area contributed by atoms with Crippen LogP contribution in [0.2, 0.25) is 0 Å².